The summed E-state index contributed by atoms with van der Waals surface area (Å²) in [6.07, 6.45) is 0.768. The van der Waals surface area contributed by atoms with Crippen LogP contribution in [0.1, 0.15) is 11.1 Å². The highest BCUT2D eigenvalue weighted by atomic mass is 127. The highest BCUT2D eigenvalue weighted by Gasteiger charge is 2.07. The first kappa shape index (κ1) is 26.1. The number of hydrogen-bond donors (Lipinski definition) is 2. The lowest BCUT2D eigenvalue weighted by molar-refractivity contribution is -0.384. The third-order valence-electron chi connectivity index (χ3n) is 4.34. The lowest BCUT2D eigenvalue weighted by Gasteiger charge is -2.15. The summed E-state index contributed by atoms with van der Waals surface area (Å²) >= 11 is 0. The van der Waals surface area contributed by atoms with Crippen molar-refractivity contribution in [1.29, 1.82) is 0 Å². The quantitative estimate of drug-likeness (QED) is 0.166. The molecule has 0 aromatic heterocycles. The van der Waals surface area contributed by atoms with Crippen LogP contribution in [0, 0.1) is 10.1 Å². The van der Waals surface area contributed by atoms with Gasteiger partial charge in [-0.25, -0.2) is 4.99 Å². The van der Waals surface area contributed by atoms with Crippen molar-refractivity contribution in [2.75, 3.05) is 34.3 Å². The summed E-state index contributed by atoms with van der Waals surface area (Å²) in [5.41, 5.74) is 2.01. The molecular weight excluding hydrogens is 513 g/mol. The van der Waals surface area contributed by atoms with Gasteiger partial charge in [-0.3, -0.25) is 14.9 Å². The Morgan fingerprint density at radius 1 is 1.06 bits per heavy atom. The fourth-order valence-electron chi connectivity index (χ4n) is 2.50. The first-order chi connectivity index (χ1) is 14.4. The third kappa shape index (κ3) is 9.20. The van der Waals surface area contributed by atoms with Crippen LogP contribution in [0.5, 0.6) is 5.75 Å². The number of rotatable bonds is 9. The molecule has 31 heavy (non-hydrogen) atoms. The lowest BCUT2D eigenvalue weighted by atomic mass is 10.1. The van der Waals surface area contributed by atoms with E-state index in [0.29, 0.717) is 19.0 Å². The molecule has 9 nitrogen and oxygen atoms in total. The summed E-state index contributed by atoms with van der Waals surface area (Å²) in [6.45, 7) is 1.06. The molecule has 0 heterocycles. The van der Waals surface area contributed by atoms with Gasteiger partial charge >= 0.3 is 0 Å². The van der Waals surface area contributed by atoms with Crippen LogP contribution in [0.3, 0.4) is 0 Å². The molecule has 2 aromatic carbocycles. The molecule has 0 unspecified atom stereocenters. The maximum absolute atomic E-state index is 11.9. The molecule has 2 rings (SSSR count). The van der Waals surface area contributed by atoms with Crippen LogP contribution in [-0.2, 0) is 17.8 Å². The van der Waals surface area contributed by atoms with E-state index in [1.54, 1.807) is 33.3 Å². The maximum Gasteiger partial charge on any atom is 0.269 e. The van der Waals surface area contributed by atoms with E-state index in [9.17, 15) is 14.9 Å². The molecule has 0 saturated carbocycles. The minimum absolute atomic E-state index is 0. The molecule has 0 aliphatic rings. The second kappa shape index (κ2) is 13.4. The number of methoxy groups -OCH3 is 1. The lowest BCUT2D eigenvalue weighted by Crippen LogP contribution is -2.43. The minimum Gasteiger partial charge on any atom is -0.497 e. The zero-order valence-corrected chi connectivity index (χ0v) is 20.2. The van der Waals surface area contributed by atoms with Gasteiger partial charge in [0.25, 0.3) is 5.69 Å². The number of ether oxygens (including phenoxy) is 1. The normalized spacial score (nSPS) is 10.6. The highest BCUT2D eigenvalue weighted by molar-refractivity contribution is 14.0. The number of nitro benzene ring substituents is 1. The van der Waals surface area contributed by atoms with E-state index < -0.39 is 4.92 Å². The molecule has 0 bridgehead atoms. The number of carbonyl (C=O) groups is 1. The fraction of sp³-hybridized carbons (Fsp3) is 0.333. The number of hydrogen-bond acceptors (Lipinski definition) is 5. The van der Waals surface area contributed by atoms with Crippen LogP contribution in [-0.4, -0.2) is 56.0 Å². The Hall–Kier alpha value is -2.89. The Morgan fingerprint density at radius 3 is 2.23 bits per heavy atom. The van der Waals surface area contributed by atoms with Gasteiger partial charge in [-0.1, -0.05) is 24.3 Å². The van der Waals surface area contributed by atoms with E-state index in [1.807, 2.05) is 24.3 Å². The van der Waals surface area contributed by atoms with E-state index in [1.165, 1.54) is 17.0 Å². The van der Waals surface area contributed by atoms with Crippen LogP contribution in [0.2, 0.25) is 0 Å². The number of aliphatic imine (C=N–C) groups is 1. The smallest absolute Gasteiger partial charge is 0.269 e. The second-order valence-electron chi connectivity index (χ2n) is 6.75. The zero-order chi connectivity index (χ0) is 21.9. The van der Waals surface area contributed by atoms with E-state index in [0.717, 1.165) is 23.3 Å². The van der Waals surface area contributed by atoms with Gasteiger partial charge in [0.1, 0.15) is 5.75 Å². The molecule has 0 fully saturated rings. The van der Waals surface area contributed by atoms with Crippen molar-refractivity contribution in [3.63, 3.8) is 0 Å². The molecule has 0 atom stereocenters. The summed E-state index contributed by atoms with van der Waals surface area (Å²) in [5, 5.41) is 17.0. The predicted octanol–water partition coefficient (Wildman–Crippen LogP) is 2.59. The van der Waals surface area contributed by atoms with Crippen molar-refractivity contribution in [3.8, 4) is 5.75 Å². The largest absolute Gasteiger partial charge is 0.497 e. The van der Waals surface area contributed by atoms with E-state index >= 15 is 0 Å². The van der Waals surface area contributed by atoms with Crippen LogP contribution in [0.25, 0.3) is 0 Å². The van der Waals surface area contributed by atoms with Crippen molar-refractivity contribution in [1.82, 2.24) is 15.5 Å². The fourth-order valence-corrected chi connectivity index (χ4v) is 2.50. The Bertz CT molecular complexity index is 870. The Morgan fingerprint density at radius 2 is 1.68 bits per heavy atom. The van der Waals surface area contributed by atoms with Crippen LogP contribution in [0.15, 0.2) is 53.5 Å². The molecule has 0 saturated heterocycles. The van der Waals surface area contributed by atoms with E-state index in [2.05, 4.69) is 15.6 Å². The molecule has 2 aromatic rings. The molecule has 0 aliphatic heterocycles. The van der Waals surface area contributed by atoms with Crippen molar-refractivity contribution in [2.24, 2.45) is 4.99 Å². The average Bonchev–Trinajstić information content (AvgIpc) is 2.75. The maximum atomic E-state index is 11.9. The van der Waals surface area contributed by atoms with Crippen LogP contribution >= 0.6 is 24.0 Å². The highest BCUT2D eigenvalue weighted by Crippen LogP contribution is 2.13. The molecule has 168 valence electrons. The number of carbonyl (C=O) groups excluding carboxylic acids is 1. The standard InChI is InChI=1S/C21H27N5O4.HI/c1-25(2)20(27)15-24-21(22-13-12-16-6-10-19(30-3)11-7-16)23-14-17-4-8-18(9-5-17)26(28)29;/h4-11H,12-15H2,1-3H3,(H2,22,23,24);1H. The predicted molar refractivity (Wildman–Crippen MR) is 131 cm³/mol. The van der Waals surface area contributed by atoms with Crippen molar-refractivity contribution >= 4 is 41.5 Å². The zero-order valence-electron chi connectivity index (χ0n) is 17.8. The number of non-ortho nitro benzene ring substituents is 1. The van der Waals surface area contributed by atoms with Crippen LogP contribution in [0.4, 0.5) is 5.69 Å². The van der Waals surface area contributed by atoms with Gasteiger partial charge in [0.05, 0.1) is 25.1 Å². The number of guanidine groups is 1. The van der Waals surface area contributed by atoms with Gasteiger partial charge in [0, 0.05) is 32.8 Å². The number of nitrogens with one attached hydrogen (secondary N) is 2. The number of amides is 1. The topological polar surface area (TPSA) is 109 Å². The number of halogens is 1. The summed E-state index contributed by atoms with van der Waals surface area (Å²) < 4.78 is 5.16. The summed E-state index contributed by atoms with van der Waals surface area (Å²) in [4.78, 5) is 28.2. The van der Waals surface area contributed by atoms with Crippen molar-refractivity contribution in [3.05, 3.63) is 69.8 Å². The summed E-state index contributed by atoms with van der Waals surface area (Å²) in [6, 6.07) is 14.0. The monoisotopic (exact) mass is 541 g/mol. The summed E-state index contributed by atoms with van der Waals surface area (Å²) in [7, 11) is 5.01. The molecule has 0 aliphatic carbocycles. The van der Waals surface area contributed by atoms with Gasteiger partial charge in [0.2, 0.25) is 5.91 Å². The minimum atomic E-state index is -0.437. The van der Waals surface area contributed by atoms with Crippen LogP contribution < -0.4 is 15.4 Å². The van der Waals surface area contributed by atoms with Gasteiger partial charge in [0.15, 0.2) is 5.96 Å². The van der Waals surface area contributed by atoms with Crippen molar-refractivity contribution in [2.45, 2.75) is 13.0 Å². The SMILES string of the molecule is COc1ccc(CCNC(=NCc2ccc([N+](=O)[O-])cc2)NCC(=O)N(C)C)cc1.I. The average molecular weight is 541 g/mol. The third-order valence-corrected chi connectivity index (χ3v) is 4.34. The Kier molecular flexibility index (Phi) is 11.3. The molecule has 0 spiro atoms. The first-order valence-electron chi connectivity index (χ1n) is 9.47. The number of nitro groups is 1. The molecule has 2 N–H and O–H groups in total. The number of nitrogens with zero attached hydrogens (tertiary/aromatic N) is 3. The number of likely N-dealkylation sites (N-methyl/N-ethyl adjacent to an activating group) is 1. The van der Waals surface area contributed by atoms with Gasteiger partial charge < -0.3 is 20.3 Å². The Balaban J connectivity index is 0.00000480. The number of benzene rings is 2. The van der Waals surface area contributed by atoms with E-state index in [-0.39, 0.29) is 42.1 Å². The van der Waals surface area contributed by atoms with Gasteiger partial charge in [-0.15, -0.1) is 24.0 Å². The second-order valence-corrected chi connectivity index (χ2v) is 6.75. The molecule has 0 radical (unpaired) electrons. The first-order valence-corrected chi connectivity index (χ1v) is 9.47. The van der Waals surface area contributed by atoms with Crippen molar-refractivity contribution < 1.29 is 14.5 Å². The summed E-state index contributed by atoms with van der Waals surface area (Å²) in [5.74, 6) is 1.23. The van der Waals surface area contributed by atoms with E-state index in [4.69, 9.17) is 4.74 Å². The molecule has 10 heteroatoms. The molecule has 1 amide bonds. The van der Waals surface area contributed by atoms with Gasteiger partial charge in [-0.2, -0.15) is 0 Å². The Labute approximate surface area is 199 Å². The van der Waals surface area contributed by atoms with Gasteiger partial charge in [-0.05, 0) is 29.7 Å². The molecular formula is C21H28IN5O4.